The lowest BCUT2D eigenvalue weighted by Crippen LogP contribution is -2.19. The molecule has 0 spiro atoms. The van der Waals surface area contributed by atoms with Gasteiger partial charge >= 0.3 is 0 Å². The summed E-state index contributed by atoms with van der Waals surface area (Å²) < 4.78 is 0. The molecular weight excluding hydrogens is 174 g/mol. The lowest BCUT2D eigenvalue weighted by molar-refractivity contribution is -0.119. The van der Waals surface area contributed by atoms with Crippen LogP contribution in [0, 0.1) is 0 Å². The van der Waals surface area contributed by atoms with Crippen LogP contribution in [0.15, 0.2) is 48.6 Å². The van der Waals surface area contributed by atoms with Gasteiger partial charge < -0.3 is 5.32 Å². The number of benzene rings is 1. The van der Waals surface area contributed by atoms with Crippen LogP contribution in [-0.4, -0.2) is 5.91 Å². The van der Waals surface area contributed by atoms with Crippen molar-refractivity contribution in [3.8, 4) is 0 Å². The number of hydrogen-bond donors (Lipinski definition) is 1. The van der Waals surface area contributed by atoms with Crippen LogP contribution in [0.5, 0.6) is 0 Å². The van der Waals surface area contributed by atoms with Crippen LogP contribution in [0.3, 0.4) is 0 Å². The second-order valence-corrected chi connectivity index (χ2v) is 3.13. The molecule has 70 valence electrons. The SMILES string of the molecule is O=C1CC=CC=C(c2ccccc2)N1. The molecule has 1 N–H and O–H groups in total. The minimum atomic E-state index is 0.0360. The molecule has 0 fully saturated rings. The minimum absolute atomic E-state index is 0.0360. The lowest BCUT2D eigenvalue weighted by Gasteiger charge is -2.06. The quantitative estimate of drug-likeness (QED) is 0.713. The van der Waals surface area contributed by atoms with Gasteiger partial charge in [-0.3, -0.25) is 4.79 Å². The van der Waals surface area contributed by atoms with Crippen molar-refractivity contribution in [3.05, 3.63) is 54.1 Å². The lowest BCUT2D eigenvalue weighted by atomic mass is 10.1. The van der Waals surface area contributed by atoms with E-state index in [9.17, 15) is 4.79 Å². The molecule has 0 aliphatic carbocycles. The Balaban J connectivity index is 2.30. The summed E-state index contributed by atoms with van der Waals surface area (Å²) in [5, 5.41) is 2.85. The van der Waals surface area contributed by atoms with Gasteiger partial charge in [-0.05, 0) is 11.6 Å². The van der Waals surface area contributed by atoms with E-state index in [1.807, 2.05) is 48.6 Å². The van der Waals surface area contributed by atoms with E-state index in [1.54, 1.807) is 0 Å². The first-order valence-electron chi connectivity index (χ1n) is 4.58. The van der Waals surface area contributed by atoms with Gasteiger partial charge in [0.25, 0.3) is 0 Å². The Morgan fingerprint density at radius 1 is 1.14 bits per heavy atom. The van der Waals surface area contributed by atoms with Gasteiger partial charge in [-0.1, -0.05) is 42.5 Å². The number of hydrogen-bond acceptors (Lipinski definition) is 1. The molecule has 2 heteroatoms. The Morgan fingerprint density at radius 2 is 1.93 bits per heavy atom. The van der Waals surface area contributed by atoms with Crippen LogP contribution in [0.25, 0.3) is 5.70 Å². The summed E-state index contributed by atoms with van der Waals surface area (Å²) in [6.45, 7) is 0. The zero-order valence-electron chi connectivity index (χ0n) is 7.73. The first kappa shape index (κ1) is 8.75. The summed E-state index contributed by atoms with van der Waals surface area (Å²) in [6.07, 6.45) is 6.12. The number of amides is 1. The summed E-state index contributed by atoms with van der Waals surface area (Å²) in [6, 6.07) is 9.82. The average molecular weight is 185 g/mol. The Kier molecular flexibility index (Phi) is 2.45. The number of carbonyl (C=O) groups excluding carboxylic acids is 1. The highest BCUT2D eigenvalue weighted by Gasteiger charge is 2.06. The normalized spacial score (nSPS) is 15.7. The predicted molar refractivity (Wildman–Crippen MR) is 56.3 cm³/mol. The molecule has 0 radical (unpaired) electrons. The topological polar surface area (TPSA) is 29.1 Å². The van der Waals surface area contributed by atoms with Gasteiger partial charge in [0.05, 0.1) is 0 Å². The summed E-state index contributed by atoms with van der Waals surface area (Å²) >= 11 is 0. The summed E-state index contributed by atoms with van der Waals surface area (Å²) in [5.74, 6) is 0.0360. The van der Waals surface area contributed by atoms with Crippen LogP contribution in [0.4, 0.5) is 0 Å². The van der Waals surface area contributed by atoms with Crippen LogP contribution in [-0.2, 0) is 4.79 Å². The molecule has 1 heterocycles. The Hall–Kier alpha value is -1.83. The van der Waals surface area contributed by atoms with Crippen molar-refractivity contribution >= 4 is 11.6 Å². The van der Waals surface area contributed by atoms with Crippen LogP contribution < -0.4 is 5.32 Å². The Bertz CT molecular complexity index is 390. The molecule has 0 unspecified atom stereocenters. The molecule has 0 aromatic heterocycles. The predicted octanol–water partition coefficient (Wildman–Crippen LogP) is 2.10. The number of carbonyl (C=O) groups is 1. The average Bonchev–Trinajstić information content (AvgIpc) is 2.44. The molecular formula is C12H11NO. The molecule has 0 saturated carbocycles. The van der Waals surface area contributed by atoms with E-state index in [1.165, 1.54) is 0 Å². The van der Waals surface area contributed by atoms with Crippen molar-refractivity contribution in [3.63, 3.8) is 0 Å². The first-order chi connectivity index (χ1) is 6.86. The monoisotopic (exact) mass is 185 g/mol. The molecule has 1 amide bonds. The number of allylic oxidation sites excluding steroid dienone is 2. The molecule has 1 aromatic carbocycles. The summed E-state index contributed by atoms with van der Waals surface area (Å²) in [4.78, 5) is 11.3. The van der Waals surface area contributed by atoms with E-state index < -0.39 is 0 Å². The maximum absolute atomic E-state index is 11.3. The highest BCUT2D eigenvalue weighted by Crippen LogP contribution is 2.12. The number of nitrogens with one attached hydrogen (secondary N) is 1. The van der Waals surface area contributed by atoms with Crippen molar-refractivity contribution in [1.29, 1.82) is 0 Å². The van der Waals surface area contributed by atoms with Gasteiger partial charge in [-0.2, -0.15) is 0 Å². The molecule has 2 nitrogen and oxygen atoms in total. The standard InChI is InChI=1S/C12H11NO/c14-12-9-5-4-8-11(13-12)10-6-2-1-3-7-10/h1-8H,9H2,(H,13,14). The van der Waals surface area contributed by atoms with E-state index in [2.05, 4.69) is 5.32 Å². The molecule has 1 aliphatic heterocycles. The Morgan fingerprint density at radius 3 is 2.71 bits per heavy atom. The van der Waals surface area contributed by atoms with E-state index >= 15 is 0 Å². The first-order valence-corrected chi connectivity index (χ1v) is 4.58. The fourth-order valence-corrected chi connectivity index (χ4v) is 1.37. The second-order valence-electron chi connectivity index (χ2n) is 3.13. The van der Waals surface area contributed by atoms with Gasteiger partial charge in [-0.15, -0.1) is 0 Å². The summed E-state index contributed by atoms with van der Waals surface area (Å²) in [5.41, 5.74) is 1.90. The fraction of sp³-hybridized carbons (Fsp3) is 0.0833. The van der Waals surface area contributed by atoms with Crippen LogP contribution >= 0.6 is 0 Å². The van der Waals surface area contributed by atoms with E-state index in [-0.39, 0.29) is 5.91 Å². The van der Waals surface area contributed by atoms with Gasteiger partial charge in [-0.25, -0.2) is 0 Å². The smallest absolute Gasteiger partial charge is 0.228 e. The fourth-order valence-electron chi connectivity index (χ4n) is 1.37. The zero-order chi connectivity index (χ0) is 9.80. The van der Waals surface area contributed by atoms with Gasteiger partial charge in [0, 0.05) is 12.1 Å². The van der Waals surface area contributed by atoms with Crippen molar-refractivity contribution in [2.24, 2.45) is 0 Å². The maximum atomic E-state index is 11.3. The van der Waals surface area contributed by atoms with E-state index in [0.29, 0.717) is 6.42 Å². The molecule has 0 atom stereocenters. The molecule has 2 rings (SSSR count). The molecule has 1 aliphatic rings. The number of rotatable bonds is 1. The molecule has 0 bridgehead atoms. The third-order valence-corrected chi connectivity index (χ3v) is 2.06. The van der Waals surface area contributed by atoms with E-state index in [4.69, 9.17) is 0 Å². The summed E-state index contributed by atoms with van der Waals surface area (Å²) in [7, 11) is 0. The van der Waals surface area contributed by atoms with E-state index in [0.717, 1.165) is 11.3 Å². The highest BCUT2D eigenvalue weighted by atomic mass is 16.1. The van der Waals surface area contributed by atoms with Gasteiger partial charge in [0.15, 0.2) is 0 Å². The second kappa shape index (κ2) is 3.92. The third-order valence-electron chi connectivity index (χ3n) is 2.06. The van der Waals surface area contributed by atoms with Crippen molar-refractivity contribution in [2.75, 3.05) is 0 Å². The van der Waals surface area contributed by atoms with Crippen LogP contribution in [0.2, 0.25) is 0 Å². The maximum Gasteiger partial charge on any atom is 0.228 e. The minimum Gasteiger partial charge on any atom is -0.325 e. The zero-order valence-corrected chi connectivity index (χ0v) is 7.73. The molecule has 14 heavy (non-hydrogen) atoms. The van der Waals surface area contributed by atoms with Crippen LogP contribution in [0.1, 0.15) is 12.0 Å². The molecule has 0 saturated heterocycles. The van der Waals surface area contributed by atoms with Crippen molar-refractivity contribution < 1.29 is 4.79 Å². The largest absolute Gasteiger partial charge is 0.325 e. The highest BCUT2D eigenvalue weighted by molar-refractivity contribution is 5.88. The van der Waals surface area contributed by atoms with Crippen molar-refractivity contribution in [1.82, 2.24) is 5.32 Å². The molecule has 1 aromatic rings. The van der Waals surface area contributed by atoms with Crippen molar-refractivity contribution in [2.45, 2.75) is 6.42 Å². The third kappa shape index (κ3) is 1.91. The van der Waals surface area contributed by atoms with Gasteiger partial charge in [0.2, 0.25) is 5.91 Å². The van der Waals surface area contributed by atoms with Gasteiger partial charge in [0.1, 0.15) is 0 Å². The Labute approximate surface area is 82.9 Å².